The maximum Gasteiger partial charge on any atom is 0.225 e. The molecule has 7 nitrogen and oxygen atoms in total. The number of rotatable bonds is 3. The zero-order chi connectivity index (χ0) is 19.0. The normalized spacial score (nSPS) is 21.4. The highest BCUT2D eigenvalue weighted by Crippen LogP contribution is 2.33. The lowest BCUT2D eigenvalue weighted by molar-refractivity contribution is -0.138. The van der Waals surface area contributed by atoms with Crippen LogP contribution in [0.2, 0.25) is 0 Å². The Hall–Kier alpha value is -1.99. The Kier molecular flexibility index (Phi) is 4.90. The molecule has 2 fully saturated rings. The van der Waals surface area contributed by atoms with Gasteiger partial charge < -0.3 is 4.90 Å². The van der Waals surface area contributed by atoms with E-state index in [1.807, 2.05) is 30.9 Å². The number of likely N-dealkylation sites (N-methyl/N-ethyl adjacent to an activating group) is 1. The number of piperidine rings is 1. The first-order chi connectivity index (χ1) is 13.0. The molecule has 4 rings (SSSR count). The minimum Gasteiger partial charge on any atom is -0.342 e. The van der Waals surface area contributed by atoms with Crippen LogP contribution in [0, 0.1) is 5.92 Å². The lowest BCUT2D eigenvalue weighted by Crippen LogP contribution is -2.64. The van der Waals surface area contributed by atoms with Gasteiger partial charge in [0, 0.05) is 50.7 Å². The largest absolute Gasteiger partial charge is 0.342 e. The summed E-state index contributed by atoms with van der Waals surface area (Å²) >= 11 is 0. The van der Waals surface area contributed by atoms with Crippen molar-refractivity contribution in [2.24, 2.45) is 5.92 Å². The number of hydrogen-bond acceptors (Lipinski definition) is 6. The van der Waals surface area contributed by atoms with Crippen LogP contribution in [0.1, 0.15) is 32.3 Å². The maximum absolute atomic E-state index is 12.3. The smallest absolute Gasteiger partial charge is 0.225 e. The highest BCUT2D eigenvalue weighted by molar-refractivity contribution is 5.78. The van der Waals surface area contributed by atoms with Crippen molar-refractivity contribution in [1.29, 1.82) is 0 Å². The molecule has 0 bridgehead atoms. The third-order valence-corrected chi connectivity index (χ3v) is 6.34. The molecule has 2 saturated heterocycles. The van der Waals surface area contributed by atoms with Gasteiger partial charge >= 0.3 is 0 Å². The van der Waals surface area contributed by atoms with E-state index in [0.29, 0.717) is 0 Å². The highest BCUT2D eigenvalue weighted by Gasteiger charge is 2.43. The van der Waals surface area contributed by atoms with Gasteiger partial charge in [0.15, 0.2) is 0 Å². The van der Waals surface area contributed by atoms with Crippen LogP contribution in [0.5, 0.6) is 0 Å². The van der Waals surface area contributed by atoms with Gasteiger partial charge in [-0.2, -0.15) is 0 Å². The first kappa shape index (κ1) is 18.4. The molecule has 2 aromatic rings. The Balaban J connectivity index is 1.46. The van der Waals surface area contributed by atoms with E-state index in [4.69, 9.17) is 4.63 Å². The van der Waals surface area contributed by atoms with Crippen molar-refractivity contribution in [2.45, 2.75) is 38.8 Å². The lowest BCUT2D eigenvalue weighted by Gasteiger charge is -2.53. The molecule has 0 aliphatic carbocycles. The van der Waals surface area contributed by atoms with Gasteiger partial charge in [-0.3, -0.25) is 14.6 Å². The van der Waals surface area contributed by atoms with Crippen LogP contribution in [0.4, 0.5) is 0 Å². The minimum absolute atomic E-state index is 0.0798. The van der Waals surface area contributed by atoms with Gasteiger partial charge in [-0.25, -0.2) is 4.63 Å². The molecule has 3 heterocycles. The summed E-state index contributed by atoms with van der Waals surface area (Å²) in [6, 6.07) is 6.06. The molecular formula is C20H29N5O2. The monoisotopic (exact) mass is 371 g/mol. The van der Waals surface area contributed by atoms with Crippen molar-refractivity contribution >= 4 is 16.9 Å². The van der Waals surface area contributed by atoms with E-state index in [1.54, 1.807) is 0 Å². The van der Waals surface area contributed by atoms with E-state index >= 15 is 0 Å². The van der Waals surface area contributed by atoms with Crippen LogP contribution in [0.15, 0.2) is 22.8 Å². The van der Waals surface area contributed by atoms with Crippen molar-refractivity contribution in [3.63, 3.8) is 0 Å². The molecule has 27 heavy (non-hydrogen) atoms. The van der Waals surface area contributed by atoms with Crippen molar-refractivity contribution < 1.29 is 9.42 Å². The fourth-order valence-corrected chi connectivity index (χ4v) is 4.56. The van der Waals surface area contributed by atoms with Gasteiger partial charge in [-0.05, 0) is 41.8 Å². The van der Waals surface area contributed by atoms with Gasteiger partial charge in [-0.1, -0.05) is 26.0 Å². The third kappa shape index (κ3) is 3.46. The van der Waals surface area contributed by atoms with Gasteiger partial charge in [0.25, 0.3) is 0 Å². The van der Waals surface area contributed by atoms with E-state index in [0.717, 1.165) is 63.1 Å². The Morgan fingerprint density at radius 3 is 2.70 bits per heavy atom. The first-order valence-corrected chi connectivity index (χ1v) is 9.91. The fourth-order valence-electron chi connectivity index (χ4n) is 4.56. The molecule has 0 atom stereocenters. The summed E-state index contributed by atoms with van der Waals surface area (Å²) in [6.07, 6.45) is 2.07. The number of nitrogens with zero attached hydrogens (tertiary/aromatic N) is 5. The number of benzene rings is 1. The molecule has 0 saturated carbocycles. The number of hydrogen-bond donors (Lipinski definition) is 0. The number of fused-ring (bicyclic) bond motifs is 1. The average molecular weight is 371 g/mol. The van der Waals surface area contributed by atoms with Crippen LogP contribution in [0.3, 0.4) is 0 Å². The Morgan fingerprint density at radius 1 is 1.19 bits per heavy atom. The van der Waals surface area contributed by atoms with Crippen LogP contribution in [-0.4, -0.2) is 76.2 Å². The zero-order valence-electron chi connectivity index (χ0n) is 16.5. The Labute approximate surface area is 160 Å². The van der Waals surface area contributed by atoms with Crippen molar-refractivity contribution in [1.82, 2.24) is 25.0 Å². The number of likely N-dealkylation sites (tertiary alicyclic amines) is 1. The molecule has 0 unspecified atom stereocenters. The van der Waals surface area contributed by atoms with Crippen LogP contribution < -0.4 is 0 Å². The van der Waals surface area contributed by atoms with Crippen molar-refractivity contribution in [2.75, 3.05) is 39.8 Å². The number of aromatic nitrogens is 2. The summed E-state index contributed by atoms with van der Waals surface area (Å²) in [7, 11) is 2.24. The molecule has 2 aliphatic heterocycles. The van der Waals surface area contributed by atoms with Crippen LogP contribution >= 0.6 is 0 Å². The predicted molar refractivity (Wildman–Crippen MR) is 103 cm³/mol. The lowest BCUT2D eigenvalue weighted by atomic mass is 9.83. The van der Waals surface area contributed by atoms with Crippen molar-refractivity contribution in [3.8, 4) is 0 Å². The summed E-state index contributed by atoms with van der Waals surface area (Å²) in [5.74, 6) is 0.363. The van der Waals surface area contributed by atoms with Gasteiger partial charge in [0.1, 0.15) is 11.0 Å². The second-order valence-corrected chi connectivity index (χ2v) is 8.39. The molecule has 1 spiro atoms. The standard InChI is InChI=1S/C20H29N5O2/c1-15(2)19(26)25-9-7-20(8-10-25)14-24(12-11-23(20)3)13-16-5-4-6-17-18(16)22-27-21-17/h4-6,15H,7-14H2,1-3H3. The number of carbonyl (C=O) groups is 1. The number of carbonyl (C=O) groups excluding carboxylic acids is 1. The molecule has 0 N–H and O–H groups in total. The van der Waals surface area contributed by atoms with Crippen molar-refractivity contribution in [3.05, 3.63) is 23.8 Å². The topological polar surface area (TPSA) is 65.7 Å². The number of amides is 1. The highest BCUT2D eigenvalue weighted by atomic mass is 16.6. The zero-order valence-corrected chi connectivity index (χ0v) is 16.5. The second kappa shape index (κ2) is 7.20. The number of piperazine rings is 1. The summed E-state index contributed by atoms with van der Waals surface area (Å²) < 4.78 is 4.91. The van der Waals surface area contributed by atoms with Gasteiger partial charge in [0.05, 0.1) is 0 Å². The summed E-state index contributed by atoms with van der Waals surface area (Å²) in [5.41, 5.74) is 3.00. The van der Waals surface area contributed by atoms with E-state index in [9.17, 15) is 4.79 Å². The van der Waals surface area contributed by atoms with E-state index in [-0.39, 0.29) is 17.4 Å². The average Bonchev–Trinajstić information content (AvgIpc) is 3.15. The third-order valence-electron chi connectivity index (χ3n) is 6.34. The van der Waals surface area contributed by atoms with Gasteiger partial charge in [0.2, 0.25) is 5.91 Å². The second-order valence-electron chi connectivity index (χ2n) is 8.39. The molecule has 1 aromatic heterocycles. The van der Waals surface area contributed by atoms with Crippen LogP contribution in [-0.2, 0) is 11.3 Å². The fraction of sp³-hybridized carbons (Fsp3) is 0.650. The quantitative estimate of drug-likeness (QED) is 0.822. The van der Waals surface area contributed by atoms with Crippen LogP contribution in [0.25, 0.3) is 11.0 Å². The predicted octanol–water partition coefficient (Wildman–Crippen LogP) is 1.99. The Bertz CT molecular complexity index is 810. The molecule has 1 aromatic carbocycles. The van der Waals surface area contributed by atoms with Gasteiger partial charge in [-0.15, -0.1) is 0 Å². The summed E-state index contributed by atoms with van der Waals surface area (Å²) in [5, 5.41) is 8.04. The van der Waals surface area contributed by atoms with E-state index < -0.39 is 0 Å². The SMILES string of the molecule is CC(C)C(=O)N1CCC2(CC1)CN(Cc1cccc3nonc13)CCN2C. The molecular weight excluding hydrogens is 342 g/mol. The van der Waals surface area contributed by atoms with E-state index in [2.05, 4.69) is 33.2 Å². The summed E-state index contributed by atoms with van der Waals surface area (Å²) in [6.45, 7) is 9.65. The molecule has 7 heteroatoms. The Morgan fingerprint density at radius 2 is 1.96 bits per heavy atom. The molecule has 2 aliphatic rings. The van der Waals surface area contributed by atoms with E-state index in [1.165, 1.54) is 5.56 Å². The molecule has 1 amide bonds. The minimum atomic E-state index is 0.0798. The maximum atomic E-state index is 12.3. The summed E-state index contributed by atoms with van der Waals surface area (Å²) in [4.78, 5) is 19.4. The molecule has 0 radical (unpaired) electrons. The first-order valence-electron chi connectivity index (χ1n) is 9.91. The molecule has 146 valence electrons.